The molecule has 3 heterocycles. The Bertz CT molecular complexity index is 523. The summed E-state index contributed by atoms with van der Waals surface area (Å²) >= 11 is 5.40. The monoisotopic (exact) mass is 297 g/mol. The Morgan fingerprint density at radius 3 is 3.11 bits per heavy atom. The molecule has 0 aromatic carbocycles. The summed E-state index contributed by atoms with van der Waals surface area (Å²) in [5.74, 6) is 2.32. The summed E-state index contributed by atoms with van der Waals surface area (Å²) in [6.07, 6.45) is 1.41. The van der Waals surface area contributed by atoms with E-state index in [0.29, 0.717) is 6.42 Å². The Balaban J connectivity index is 1.75. The summed E-state index contributed by atoms with van der Waals surface area (Å²) < 4.78 is 0. The molecular weight excluding hydrogens is 282 g/mol. The predicted molar refractivity (Wildman–Crippen MR) is 79.7 cm³/mol. The van der Waals surface area contributed by atoms with Crippen LogP contribution in [0, 0.1) is 6.92 Å². The van der Waals surface area contributed by atoms with E-state index in [9.17, 15) is 5.11 Å². The standard InChI is InChI=1S/C13H15NOS3/c1-8-6-17-13(14-8)5-10(15)12-4-9-7-16-3-2-11(9)18-12/h4,6,10,15H,2-3,5,7H2,1H3. The molecule has 18 heavy (non-hydrogen) atoms. The van der Waals surface area contributed by atoms with Gasteiger partial charge in [0, 0.05) is 33.0 Å². The van der Waals surface area contributed by atoms with Crippen molar-refractivity contribution in [2.75, 3.05) is 5.75 Å². The van der Waals surface area contributed by atoms with E-state index >= 15 is 0 Å². The maximum atomic E-state index is 10.3. The van der Waals surface area contributed by atoms with Gasteiger partial charge in [0.25, 0.3) is 0 Å². The fraction of sp³-hybridized carbons (Fsp3) is 0.462. The molecule has 0 spiro atoms. The molecule has 1 atom stereocenters. The molecule has 1 aliphatic rings. The normalized spacial score (nSPS) is 16.6. The fourth-order valence-corrected chi connectivity index (χ4v) is 5.27. The smallest absolute Gasteiger partial charge is 0.0957 e. The molecule has 1 aliphatic heterocycles. The lowest BCUT2D eigenvalue weighted by atomic mass is 10.1. The van der Waals surface area contributed by atoms with Gasteiger partial charge < -0.3 is 5.11 Å². The topological polar surface area (TPSA) is 33.1 Å². The van der Waals surface area contributed by atoms with E-state index in [1.165, 1.54) is 16.2 Å². The van der Waals surface area contributed by atoms with Crippen LogP contribution < -0.4 is 0 Å². The zero-order valence-corrected chi connectivity index (χ0v) is 12.6. The number of thiophene rings is 1. The number of rotatable bonds is 3. The molecule has 0 radical (unpaired) electrons. The van der Waals surface area contributed by atoms with Crippen molar-refractivity contribution < 1.29 is 5.11 Å². The molecule has 0 saturated carbocycles. The Kier molecular flexibility index (Phi) is 3.75. The Hall–Kier alpha value is -0.360. The third-order valence-corrected chi connectivity index (χ3v) is 6.34. The highest BCUT2D eigenvalue weighted by Crippen LogP contribution is 2.35. The van der Waals surface area contributed by atoms with Crippen molar-refractivity contribution in [3.63, 3.8) is 0 Å². The molecule has 1 N–H and O–H groups in total. The molecular formula is C13H15NOS3. The first-order valence-corrected chi connectivity index (χ1v) is 8.86. The van der Waals surface area contributed by atoms with E-state index in [2.05, 4.69) is 11.1 Å². The first kappa shape index (κ1) is 12.7. The summed E-state index contributed by atoms with van der Waals surface area (Å²) in [5, 5.41) is 13.4. The summed E-state index contributed by atoms with van der Waals surface area (Å²) in [7, 11) is 0. The van der Waals surface area contributed by atoms with E-state index in [4.69, 9.17) is 0 Å². The van der Waals surface area contributed by atoms with Crippen LogP contribution in [0.5, 0.6) is 0 Å². The van der Waals surface area contributed by atoms with Gasteiger partial charge in [-0.1, -0.05) is 0 Å². The minimum Gasteiger partial charge on any atom is -0.387 e. The van der Waals surface area contributed by atoms with E-state index in [0.717, 1.165) is 27.8 Å². The summed E-state index contributed by atoms with van der Waals surface area (Å²) in [4.78, 5) is 6.99. The van der Waals surface area contributed by atoms with Gasteiger partial charge in [0.2, 0.25) is 0 Å². The molecule has 0 aliphatic carbocycles. The van der Waals surface area contributed by atoms with Gasteiger partial charge in [-0.05, 0) is 30.7 Å². The predicted octanol–water partition coefficient (Wildman–Crippen LogP) is 3.58. The number of aliphatic hydroxyl groups excluding tert-OH is 1. The Morgan fingerprint density at radius 2 is 2.39 bits per heavy atom. The number of thiazole rings is 1. The number of nitrogens with zero attached hydrogens (tertiary/aromatic N) is 1. The number of hydrogen-bond acceptors (Lipinski definition) is 5. The lowest BCUT2D eigenvalue weighted by Gasteiger charge is -2.08. The second-order valence-electron chi connectivity index (χ2n) is 4.50. The second kappa shape index (κ2) is 5.33. The highest BCUT2D eigenvalue weighted by Gasteiger charge is 2.18. The van der Waals surface area contributed by atoms with Gasteiger partial charge in [0.15, 0.2) is 0 Å². The number of hydrogen-bond donors (Lipinski definition) is 1. The van der Waals surface area contributed by atoms with Crippen LogP contribution in [0.2, 0.25) is 0 Å². The van der Waals surface area contributed by atoms with Crippen molar-refractivity contribution in [3.05, 3.63) is 37.5 Å². The average molecular weight is 297 g/mol. The van der Waals surface area contributed by atoms with Crippen LogP contribution in [-0.4, -0.2) is 15.8 Å². The van der Waals surface area contributed by atoms with Gasteiger partial charge in [0.05, 0.1) is 11.1 Å². The molecule has 0 bridgehead atoms. The molecule has 3 rings (SSSR count). The first-order valence-electron chi connectivity index (χ1n) is 6.00. The third-order valence-electron chi connectivity index (χ3n) is 3.01. The van der Waals surface area contributed by atoms with Gasteiger partial charge in [-0.3, -0.25) is 0 Å². The van der Waals surface area contributed by atoms with Crippen molar-refractivity contribution in [2.45, 2.75) is 31.6 Å². The zero-order chi connectivity index (χ0) is 12.5. The molecule has 96 valence electrons. The van der Waals surface area contributed by atoms with Crippen LogP contribution in [0.25, 0.3) is 0 Å². The quantitative estimate of drug-likeness (QED) is 0.940. The van der Waals surface area contributed by atoms with E-state index < -0.39 is 6.10 Å². The van der Waals surface area contributed by atoms with E-state index in [1.807, 2.05) is 24.1 Å². The highest BCUT2D eigenvalue weighted by atomic mass is 32.2. The SMILES string of the molecule is Cc1csc(CC(O)c2cc3c(s2)CCSC3)n1. The molecule has 0 amide bonds. The number of aromatic nitrogens is 1. The van der Waals surface area contributed by atoms with E-state index in [-0.39, 0.29) is 0 Å². The zero-order valence-electron chi connectivity index (χ0n) is 10.2. The molecule has 2 aromatic rings. The highest BCUT2D eigenvalue weighted by molar-refractivity contribution is 7.98. The van der Waals surface area contributed by atoms with Gasteiger partial charge in [-0.25, -0.2) is 4.98 Å². The van der Waals surface area contributed by atoms with Crippen LogP contribution in [0.1, 0.15) is 32.1 Å². The van der Waals surface area contributed by atoms with Gasteiger partial charge in [-0.2, -0.15) is 11.8 Å². The summed E-state index contributed by atoms with van der Waals surface area (Å²) in [5.41, 5.74) is 2.48. The molecule has 0 saturated heterocycles. The minimum atomic E-state index is -0.392. The minimum absolute atomic E-state index is 0.392. The maximum absolute atomic E-state index is 10.3. The lowest BCUT2D eigenvalue weighted by Crippen LogP contribution is -1.99. The van der Waals surface area contributed by atoms with Crippen LogP contribution in [0.15, 0.2) is 11.4 Å². The van der Waals surface area contributed by atoms with Crippen molar-refractivity contribution in [1.29, 1.82) is 0 Å². The largest absolute Gasteiger partial charge is 0.387 e. The van der Waals surface area contributed by atoms with Gasteiger partial charge in [0.1, 0.15) is 0 Å². The Morgan fingerprint density at radius 1 is 1.50 bits per heavy atom. The summed E-state index contributed by atoms with van der Waals surface area (Å²) in [6.45, 7) is 1.99. The van der Waals surface area contributed by atoms with Crippen LogP contribution in [0.3, 0.4) is 0 Å². The van der Waals surface area contributed by atoms with Crippen LogP contribution in [-0.2, 0) is 18.6 Å². The number of aryl methyl sites for hydroxylation is 2. The van der Waals surface area contributed by atoms with Crippen LogP contribution in [0.4, 0.5) is 0 Å². The lowest BCUT2D eigenvalue weighted by molar-refractivity contribution is 0.182. The van der Waals surface area contributed by atoms with Crippen LogP contribution >= 0.6 is 34.4 Å². The number of fused-ring (bicyclic) bond motifs is 1. The molecule has 2 aromatic heterocycles. The second-order valence-corrected chi connectivity index (χ2v) is 7.72. The molecule has 5 heteroatoms. The summed E-state index contributed by atoms with van der Waals surface area (Å²) in [6, 6.07) is 2.19. The number of thioether (sulfide) groups is 1. The molecule has 2 nitrogen and oxygen atoms in total. The van der Waals surface area contributed by atoms with Crippen molar-refractivity contribution in [3.8, 4) is 0 Å². The van der Waals surface area contributed by atoms with Crippen molar-refractivity contribution >= 4 is 34.4 Å². The van der Waals surface area contributed by atoms with Crippen molar-refractivity contribution in [1.82, 2.24) is 4.98 Å². The maximum Gasteiger partial charge on any atom is 0.0957 e. The van der Waals surface area contributed by atoms with Crippen molar-refractivity contribution in [2.24, 2.45) is 0 Å². The van der Waals surface area contributed by atoms with Gasteiger partial charge in [-0.15, -0.1) is 22.7 Å². The molecule has 1 unspecified atom stereocenters. The first-order chi connectivity index (χ1) is 8.72. The average Bonchev–Trinajstić information content (AvgIpc) is 2.95. The van der Waals surface area contributed by atoms with E-state index in [1.54, 1.807) is 22.7 Å². The fourth-order valence-electron chi connectivity index (χ4n) is 2.10. The molecule has 0 fully saturated rings. The Labute approximate surface area is 119 Å². The third kappa shape index (κ3) is 2.64. The number of aliphatic hydroxyl groups is 1. The van der Waals surface area contributed by atoms with Gasteiger partial charge >= 0.3 is 0 Å².